The van der Waals surface area contributed by atoms with Gasteiger partial charge in [0, 0.05) is 5.56 Å². The number of oxazole rings is 1. The highest BCUT2D eigenvalue weighted by molar-refractivity contribution is 7.14. The van der Waals surface area contributed by atoms with E-state index in [1.54, 1.807) is 0 Å². The van der Waals surface area contributed by atoms with E-state index >= 15 is 0 Å². The number of hydrogen-bond donors (Lipinski definition) is 0. The molecule has 0 spiro atoms. The number of aryl methyl sites for hydroxylation is 1. The average molecular weight is 350 g/mol. The molecule has 0 unspecified atom stereocenters. The van der Waals surface area contributed by atoms with E-state index < -0.39 is 5.97 Å². The van der Waals surface area contributed by atoms with Crippen LogP contribution in [0.4, 0.5) is 0 Å². The molecule has 0 aliphatic rings. The molecule has 5 nitrogen and oxygen atoms in total. The lowest BCUT2D eigenvalue weighted by Crippen LogP contribution is -2.05. The van der Waals surface area contributed by atoms with E-state index in [2.05, 4.69) is 9.97 Å². The first kappa shape index (κ1) is 15.5. The van der Waals surface area contributed by atoms with Gasteiger partial charge in [-0.2, -0.15) is 0 Å². The quantitative estimate of drug-likeness (QED) is 0.503. The minimum atomic E-state index is -0.424. The minimum absolute atomic E-state index is 0.0152. The Morgan fingerprint density at radius 1 is 1.08 bits per heavy atom. The molecule has 0 atom stereocenters. The number of thiazole rings is 1. The van der Waals surface area contributed by atoms with Crippen LogP contribution in [0.25, 0.3) is 22.4 Å². The Bertz CT molecular complexity index is 1000. The normalized spacial score (nSPS) is 10.9. The van der Waals surface area contributed by atoms with Gasteiger partial charge in [0.25, 0.3) is 0 Å². The highest BCUT2D eigenvalue weighted by Gasteiger charge is 2.20. The average Bonchev–Trinajstić information content (AvgIpc) is 3.23. The molecule has 0 N–H and O–H groups in total. The number of esters is 1. The molecule has 2 heterocycles. The molecule has 6 heteroatoms. The van der Waals surface area contributed by atoms with Gasteiger partial charge < -0.3 is 9.15 Å². The Labute approximate surface area is 147 Å². The lowest BCUT2D eigenvalue weighted by atomic mass is 10.1. The van der Waals surface area contributed by atoms with Crippen molar-refractivity contribution in [2.45, 2.75) is 13.5 Å². The summed E-state index contributed by atoms with van der Waals surface area (Å²) < 4.78 is 11.0. The lowest BCUT2D eigenvalue weighted by molar-refractivity contribution is 0.0446. The molecular weight excluding hydrogens is 336 g/mol. The monoisotopic (exact) mass is 350 g/mol. The smallest absolute Gasteiger partial charge is 0.351 e. The van der Waals surface area contributed by atoms with Crippen molar-refractivity contribution in [2.75, 3.05) is 0 Å². The van der Waals surface area contributed by atoms with Gasteiger partial charge in [-0.05, 0) is 19.1 Å². The summed E-state index contributed by atoms with van der Waals surface area (Å²) in [6.45, 7) is 1.85. The summed E-state index contributed by atoms with van der Waals surface area (Å²) in [6.07, 6.45) is 0. The summed E-state index contributed by atoms with van der Waals surface area (Å²) in [7, 11) is 0. The van der Waals surface area contributed by atoms with Crippen LogP contribution >= 0.6 is 11.3 Å². The number of fused-ring (bicyclic) bond motifs is 1. The molecule has 0 bridgehead atoms. The molecule has 4 aromatic rings. The van der Waals surface area contributed by atoms with Crippen LogP contribution < -0.4 is 0 Å². The molecule has 0 saturated carbocycles. The van der Waals surface area contributed by atoms with E-state index in [1.807, 2.05) is 61.5 Å². The highest BCUT2D eigenvalue weighted by atomic mass is 32.1. The van der Waals surface area contributed by atoms with Crippen molar-refractivity contribution >= 4 is 28.4 Å². The minimum Gasteiger partial charge on any atom is -0.451 e. The van der Waals surface area contributed by atoms with Crippen molar-refractivity contribution < 1.29 is 13.9 Å². The number of carbonyl (C=O) groups excluding carboxylic acids is 1. The Hall–Kier alpha value is -2.99. The fourth-order valence-electron chi connectivity index (χ4n) is 2.53. The number of para-hydroxylation sites is 2. The van der Waals surface area contributed by atoms with E-state index in [-0.39, 0.29) is 6.61 Å². The lowest BCUT2D eigenvalue weighted by Gasteiger charge is -2.03. The molecule has 0 fully saturated rings. The van der Waals surface area contributed by atoms with Crippen LogP contribution in [0.15, 0.2) is 59.0 Å². The predicted octanol–water partition coefficient (Wildman–Crippen LogP) is 4.62. The number of nitrogens with zero attached hydrogens (tertiary/aromatic N) is 2. The second-order valence-corrected chi connectivity index (χ2v) is 6.63. The molecule has 4 rings (SSSR count). The zero-order valence-electron chi connectivity index (χ0n) is 13.4. The van der Waals surface area contributed by atoms with Crippen LogP contribution in [0.2, 0.25) is 0 Å². The molecule has 0 saturated heterocycles. The van der Waals surface area contributed by atoms with Gasteiger partial charge in [0.1, 0.15) is 10.4 Å². The van der Waals surface area contributed by atoms with Gasteiger partial charge in [0.05, 0.1) is 10.7 Å². The van der Waals surface area contributed by atoms with Crippen molar-refractivity contribution in [1.29, 1.82) is 0 Å². The topological polar surface area (TPSA) is 65.2 Å². The van der Waals surface area contributed by atoms with Gasteiger partial charge in [-0.25, -0.2) is 14.8 Å². The third kappa shape index (κ3) is 3.16. The van der Waals surface area contributed by atoms with Gasteiger partial charge in [-0.1, -0.05) is 42.5 Å². The molecular formula is C19H14N2O3S. The number of carbonyl (C=O) groups is 1. The molecule has 0 amide bonds. The van der Waals surface area contributed by atoms with Gasteiger partial charge in [0.15, 0.2) is 12.2 Å². The fraction of sp³-hybridized carbons (Fsp3) is 0.105. The number of hydrogen-bond acceptors (Lipinski definition) is 6. The largest absolute Gasteiger partial charge is 0.451 e. The SMILES string of the molecule is Cc1nc(-c2ccccc2)c(C(=O)OCc2nc3ccccc3o2)s1. The third-order valence-corrected chi connectivity index (χ3v) is 4.58. The molecule has 0 radical (unpaired) electrons. The van der Waals surface area contributed by atoms with Crippen LogP contribution in [0.5, 0.6) is 0 Å². The zero-order chi connectivity index (χ0) is 17.2. The number of aromatic nitrogens is 2. The van der Waals surface area contributed by atoms with Crippen LogP contribution in [0.1, 0.15) is 20.6 Å². The van der Waals surface area contributed by atoms with Crippen molar-refractivity contribution in [2.24, 2.45) is 0 Å². The molecule has 124 valence electrons. The molecule has 2 aromatic carbocycles. The second-order valence-electron chi connectivity index (χ2n) is 5.43. The molecule has 0 aliphatic heterocycles. The maximum atomic E-state index is 12.5. The number of ether oxygens (including phenoxy) is 1. The van der Waals surface area contributed by atoms with Crippen LogP contribution in [0.3, 0.4) is 0 Å². The standard InChI is InChI=1S/C19H14N2O3S/c1-12-20-17(13-7-3-2-4-8-13)18(25-12)19(22)23-11-16-21-14-9-5-6-10-15(14)24-16/h2-10H,11H2,1H3. The first-order chi connectivity index (χ1) is 12.2. The fourth-order valence-corrected chi connectivity index (χ4v) is 3.37. The van der Waals surface area contributed by atoms with Crippen LogP contribution in [0, 0.1) is 6.92 Å². The van der Waals surface area contributed by atoms with E-state index in [4.69, 9.17) is 9.15 Å². The van der Waals surface area contributed by atoms with Crippen molar-refractivity contribution in [1.82, 2.24) is 9.97 Å². The first-order valence-corrected chi connectivity index (χ1v) is 8.57. The Balaban J connectivity index is 1.55. The first-order valence-electron chi connectivity index (χ1n) is 7.75. The summed E-state index contributed by atoms with van der Waals surface area (Å²) in [6, 6.07) is 17.0. The Morgan fingerprint density at radius 3 is 2.64 bits per heavy atom. The maximum absolute atomic E-state index is 12.5. The highest BCUT2D eigenvalue weighted by Crippen LogP contribution is 2.29. The molecule has 2 aromatic heterocycles. The summed E-state index contributed by atoms with van der Waals surface area (Å²) in [5.41, 5.74) is 2.95. The second kappa shape index (κ2) is 6.49. The maximum Gasteiger partial charge on any atom is 0.351 e. The summed E-state index contributed by atoms with van der Waals surface area (Å²) in [4.78, 5) is 21.8. The van der Waals surface area contributed by atoms with E-state index in [1.165, 1.54) is 11.3 Å². The van der Waals surface area contributed by atoms with E-state index in [0.29, 0.717) is 22.0 Å². The third-order valence-electron chi connectivity index (χ3n) is 3.63. The molecule has 0 aliphatic carbocycles. The van der Waals surface area contributed by atoms with Gasteiger partial charge in [0.2, 0.25) is 5.89 Å². The van der Waals surface area contributed by atoms with Crippen LogP contribution in [-0.4, -0.2) is 15.9 Å². The number of rotatable bonds is 4. The van der Waals surface area contributed by atoms with Gasteiger partial charge in [-0.15, -0.1) is 11.3 Å². The predicted molar refractivity (Wildman–Crippen MR) is 95.4 cm³/mol. The van der Waals surface area contributed by atoms with Gasteiger partial charge in [-0.3, -0.25) is 0 Å². The summed E-state index contributed by atoms with van der Waals surface area (Å²) in [5, 5.41) is 0.813. The summed E-state index contributed by atoms with van der Waals surface area (Å²) in [5.74, 6) is -0.0521. The Kier molecular flexibility index (Phi) is 4.03. The van der Waals surface area contributed by atoms with Crippen molar-refractivity contribution in [3.63, 3.8) is 0 Å². The van der Waals surface area contributed by atoms with Crippen LogP contribution in [-0.2, 0) is 11.3 Å². The number of benzene rings is 2. The van der Waals surface area contributed by atoms with Gasteiger partial charge >= 0.3 is 5.97 Å². The molecule has 25 heavy (non-hydrogen) atoms. The van der Waals surface area contributed by atoms with E-state index in [0.717, 1.165) is 16.1 Å². The van der Waals surface area contributed by atoms with E-state index in [9.17, 15) is 4.79 Å². The van der Waals surface area contributed by atoms with Crippen molar-refractivity contribution in [3.05, 3.63) is 70.4 Å². The Morgan fingerprint density at radius 2 is 1.84 bits per heavy atom. The summed E-state index contributed by atoms with van der Waals surface area (Å²) >= 11 is 1.32. The van der Waals surface area contributed by atoms with Crippen molar-refractivity contribution in [3.8, 4) is 11.3 Å². The zero-order valence-corrected chi connectivity index (χ0v) is 14.2.